The molecule has 2 rings (SSSR count). The van der Waals surface area contributed by atoms with Crippen LogP contribution < -0.4 is 14.8 Å². The molecular formula is C15H19NO3S. The van der Waals surface area contributed by atoms with E-state index in [2.05, 4.69) is 16.8 Å². The minimum Gasteiger partial charge on any atom is -0.497 e. The Morgan fingerprint density at radius 3 is 2.60 bits per heavy atom. The molecule has 5 heteroatoms. The Kier molecular flexibility index (Phi) is 5.86. The number of hydrogen-bond donors (Lipinski definition) is 2. The van der Waals surface area contributed by atoms with E-state index in [1.807, 2.05) is 29.6 Å². The smallest absolute Gasteiger partial charge is 0.119 e. The summed E-state index contributed by atoms with van der Waals surface area (Å²) < 4.78 is 10.6. The Hall–Kier alpha value is -1.56. The van der Waals surface area contributed by atoms with Gasteiger partial charge in [0, 0.05) is 13.1 Å². The summed E-state index contributed by atoms with van der Waals surface area (Å²) >= 11 is 1.67. The lowest BCUT2D eigenvalue weighted by molar-refractivity contribution is 0.106. The molecule has 1 aromatic carbocycles. The standard InChI is InChI=1S/C15H19NO3S/c1-18-14-2-4-15(5-3-14)19-10-13(17)9-16-8-12-6-7-20-11-12/h2-7,11,13,16-17H,8-10H2,1H3. The maximum atomic E-state index is 9.83. The van der Waals surface area contributed by atoms with Gasteiger partial charge in [0.15, 0.2) is 0 Å². The van der Waals surface area contributed by atoms with E-state index in [4.69, 9.17) is 9.47 Å². The fraction of sp³-hybridized carbons (Fsp3) is 0.333. The summed E-state index contributed by atoms with van der Waals surface area (Å²) in [7, 11) is 1.62. The van der Waals surface area contributed by atoms with Crippen molar-refractivity contribution >= 4 is 11.3 Å². The number of hydrogen-bond acceptors (Lipinski definition) is 5. The van der Waals surface area contributed by atoms with Gasteiger partial charge in [-0.05, 0) is 46.7 Å². The molecule has 1 unspecified atom stereocenters. The van der Waals surface area contributed by atoms with Crippen LogP contribution in [0.1, 0.15) is 5.56 Å². The van der Waals surface area contributed by atoms with Gasteiger partial charge in [0.25, 0.3) is 0 Å². The van der Waals surface area contributed by atoms with E-state index in [0.29, 0.717) is 6.54 Å². The topological polar surface area (TPSA) is 50.7 Å². The summed E-state index contributed by atoms with van der Waals surface area (Å²) in [5.41, 5.74) is 1.23. The molecule has 0 aliphatic rings. The van der Waals surface area contributed by atoms with E-state index < -0.39 is 6.10 Å². The average molecular weight is 293 g/mol. The summed E-state index contributed by atoms with van der Waals surface area (Å²) in [6, 6.07) is 9.37. The summed E-state index contributed by atoms with van der Waals surface area (Å²) in [5.74, 6) is 1.51. The first-order chi connectivity index (χ1) is 9.78. The predicted octanol–water partition coefficient (Wildman–Crippen LogP) is 2.29. The lowest BCUT2D eigenvalue weighted by Crippen LogP contribution is -2.31. The number of aliphatic hydroxyl groups is 1. The Bertz CT molecular complexity index is 484. The van der Waals surface area contributed by atoms with Crippen LogP contribution in [0.5, 0.6) is 11.5 Å². The largest absolute Gasteiger partial charge is 0.497 e. The number of aliphatic hydroxyl groups excluding tert-OH is 1. The molecule has 0 fully saturated rings. The van der Waals surface area contributed by atoms with Gasteiger partial charge >= 0.3 is 0 Å². The van der Waals surface area contributed by atoms with Crippen molar-refractivity contribution in [3.63, 3.8) is 0 Å². The molecule has 0 aliphatic carbocycles. The van der Waals surface area contributed by atoms with Gasteiger partial charge in [0.2, 0.25) is 0 Å². The molecule has 4 nitrogen and oxygen atoms in total. The third-order valence-electron chi connectivity index (χ3n) is 2.79. The van der Waals surface area contributed by atoms with Crippen molar-refractivity contribution in [2.75, 3.05) is 20.3 Å². The number of thiophene rings is 1. The zero-order valence-electron chi connectivity index (χ0n) is 11.4. The molecule has 20 heavy (non-hydrogen) atoms. The third kappa shape index (κ3) is 4.85. The second-order valence-electron chi connectivity index (χ2n) is 4.40. The average Bonchev–Trinajstić information content (AvgIpc) is 2.99. The van der Waals surface area contributed by atoms with Crippen LogP contribution >= 0.6 is 11.3 Å². The van der Waals surface area contributed by atoms with Gasteiger partial charge in [-0.3, -0.25) is 0 Å². The molecule has 2 aromatic rings. The Labute approximate surface area is 123 Å². The van der Waals surface area contributed by atoms with Crippen LogP contribution in [-0.2, 0) is 6.54 Å². The van der Waals surface area contributed by atoms with Gasteiger partial charge in [0.1, 0.15) is 24.2 Å². The van der Waals surface area contributed by atoms with E-state index in [0.717, 1.165) is 18.0 Å². The van der Waals surface area contributed by atoms with Crippen molar-refractivity contribution < 1.29 is 14.6 Å². The molecule has 1 heterocycles. The first kappa shape index (κ1) is 14.8. The van der Waals surface area contributed by atoms with Crippen molar-refractivity contribution in [3.8, 4) is 11.5 Å². The molecule has 1 aromatic heterocycles. The first-order valence-corrected chi connectivity index (χ1v) is 7.39. The molecule has 0 bridgehead atoms. The second kappa shape index (κ2) is 7.89. The molecule has 0 aliphatic heterocycles. The lowest BCUT2D eigenvalue weighted by atomic mass is 10.3. The number of methoxy groups -OCH3 is 1. The van der Waals surface area contributed by atoms with Crippen molar-refractivity contribution in [1.29, 1.82) is 0 Å². The first-order valence-electron chi connectivity index (χ1n) is 6.44. The number of rotatable bonds is 8. The fourth-order valence-electron chi connectivity index (χ4n) is 1.70. The Morgan fingerprint density at radius 2 is 1.95 bits per heavy atom. The highest BCUT2D eigenvalue weighted by Gasteiger charge is 2.05. The quantitative estimate of drug-likeness (QED) is 0.784. The predicted molar refractivity (Wildman–Crippen MR) is 80.5 cm³/mol. The number of nitrogens with one attached hydrogen (secondary N) is 1. The van der Waals surface area contributed by atoms with E-state index in [-0.39, 0.29) is 6.61 Å². The SMILES string of the molecule is COc1ccc(OCC(O)CNCc2ccsc2)cc1. The van der Waals surface area contributed by atoms with Crippen molar-refractivity contribution in [2.45, 2.75) is 12.6 Å². The number of ether oxygens (including phenoxy) is 2. The summed E-state index contributed by atoms with van der Waals surface area (Å²) in [5, 5.41) is 17.2. The molecule has 0 saturated heterocycles. The van der Waals surface area contributed by atoms with E-state index >= 15 is 0 Å². The second-order valence-corrected chi connectivity index (χ2v) is 5.18. The van der Waals surface area contributed by atoms with Crippen LogP contribution in [0.25, 0.3) is 0 Å². The minimum absolute atomic E-state index is 0.267. The van der Waals surface area contributed by atoms with Gasteiger partial charge in [0.05, 0.1) is 7.11 Å². The van der Waals surface area contributed by atoms with E-state index in [9.17, 15) is 5.11 Å². The molecule has 0 spiro atoms. The van der Waals surface area contributed by atoms with Gasteiger partial charge < -0.3 is 19.9 Å². The normalized spacial score (nSPS) is 12.1. The zero-order valence-corrected chi connectivity index (χ0v) is 12.2. The van der Waals surface area contributed by atoms with Crippen LogP contribution in [0.2, 0.25) is 0 Å². The Morgan fingerprint density at radius 1 is 1.20 bits per heavy atom. The van der Waals surface area contributed by atoms with Crippen molar-refractivity contribution in [1.82, 2.24) is 5.32 Å². The maximum Gasteiger partial charge on any atom is 0.119 e. The molecule has 2 N–H and O–H groups in total. The van der Waals surface area contributed by atoms with Crippen LogP contribution in [0, 0.1) is 0 Å². The van der Waals surface area contributed by atoms with Gasteiger partial charge in [-0.2, -0.15) is 11.3 Å². The molecule has 108 valence electrons. The van der Waals surface area contributed by atoms with Gasteiger partial charge in [-0.25, -0.2) is 0 Å². The van der Waals surface area contributed by atoms with Crippen LogP contribution in [0.15, 0.2) is 41.1 Å². The highest BCUT2D eigenvalue weighted by atomic mass is 32.1. The fourth-order valence-corrected chi connectivity index (χ4v) is 2.37. The van der Waals surface area contributed by atoms with Crippen molar-refractivity contribution in [2.24, 2.45) is 0 Å². The molecule has 0 amide bonds. The maximum absolute atomic E-state index is 9.83. The third-order valence-corrected chi connectivity index (χ3v) is 3.52. The highest BCUT2D eigenvalue weighted by molar-refractivity contribution is 7.07. The number of benzene rings is 1. The van der Waals surface area contributed by atoms with E-state index in [1.54, 1.807) is 18.4 Å². The molecule has 0 saturated carbocycles. The highest BCUT2D eigenvalue weighted by Crippen LogP contribution is 2.17. The molecule has 1 atom stereocenters. The summed E-state index contributed by atoms with van der Waals surface area (Å²) in [4.78, 5) is 0. The van der Waals surface area contributed by atoms with Gasteiger partial charge in [-0.1, -0.05) is 0 Å². The minimum atomic E-state index is -0.532. The van der Waals surface area contributed by atoms with Crippen LogP contribution in [0.3, 0.4) is 0 Å². The zero-order chi connectivity index (χ0) is 14.2. The van der Waals surface area contributed by atoms with Crippen LogP contribution in [-0.4, -0.2) is 31.5 Å². The monoisotopic (exact) mass is 293 g/mol. The summed E-state index contributed by atoms with van der Waals surface area (Å²) in [6.45, 7) is 1.54. The summed E-state index contributed by atoms with van der Waals surface area (Å²) in [6.07, 6.45) is -0.532. The Balaban J connectivity index is 1.65. The molecule has 0 radical (unpaired) electrons. The molecular weight excluding hydrogens is 274 g/mol. The van der Waals surface area contributed by atoms with Crippen molar-refractivity contribution in [3.05, 3.63) is 46.7 Å². The van der Waals surface area contributed by atoms with Crippen LogP contribution in [0.4, 0.5) is 0 Å². The van der Waals surface area contributed by atoms with Gasteiger partial charge in [-0.15, -0.1) is 0 Å². The van der Waals surface area contributed by atoms with E-state index in [1.165, 1.54) is 5.56 Å². The lowest BCUT2D eigenvalue weighted by Gasteiger charge is -2.13.